The van der Waals surface area contributed by atoms with E-state index in [4.69, 9.17) is 25.2 Å². The van der Waals surface area contributed by atoms with E-state index >= 15 is 0 Å². The van der Waals surface area contributed by atoms with Crippen LogP contribution in [0.5, 0.6) is 0 Å². The normalized spacial score (nSPS) is 27.5. The third-order valence-electron chi connectivity index (χ3n) is 3.63. The summed E-state index contributed by atoms with van der Waals surface area (Å²) in [5.74, 6) is 0.662. The van der Waals surface area contributed by atoms with Gasteiger partial charge in [0, 0.05) is 73.8 Å². The number of hydrogen-bond donors (Lipinski definition) is 0. The molecule has 9 radical (unpaired) electrons. The Morgan fingerprint density at radius 1 is 1.04 bits per heavy atom. The summed E-state index contributed by atoms with van der Waals surface area (Å²) in [6, 6.07) is -0.185. The molecular weight excluding hydrogens is 458 g/mol. The topological polar surface area (TPSA) is 18.5 Å². The van der Waals surface area contributed by atoms with Crippen LogP contribution in [0.3, 0.4) is 0 Å². The van der Waals surface area contributed by atoms with Crippen molar-refractivity contribution in [1.82, 2.24) is 0 Å². The van der Waals surface area contributed by atoms with Crippen molar-refractivity contribution in [2.45, 2.75) is 79.2 Å². The van der Waals surface area contributed by atoms with Crippen molar-refractivity contribution in [2.75, 3.05) is 0 Å². The van der Waals surface area contributed by atoms with Crippen LogP contribution in [-0.4, -0.2) is 36.1 Å². The fraction of sp³-hybridized carbons (Fsp3) is 0.778. The Morgan fingerprint density at radius 2 is 1.52 bits per heavy atom. The molecule has 0 aromatic heterocycles. The molecule has 0 spiro atoms. The molecule has 2 rings (SSSR count). The molecule has 0 amide bonds. The summed E-state index contributed by atoms with van der Waals surface area (Å²) in [6.45, 7) is 19.2. The van der Waals surface area contributed by atoms with Gasteiger partial charge in [-0.2, -0.15) is 50.2 Å². The first-order valence-electron chi connectivity index (χ1n) is 8.58. The molecule has 0 aliphatic carbocycles. The van der Waals surface area contributed by atoms with Gasteiger partial charge in [0.15, 0.2) is 0 Å². The van der Waals surface area contributed by atoms with E-state index in [-0.39, 0.29) is 91.8 Å². The van der Waals surface area contributed by atoms with Gasteiger partial charge in [-0.15, -0.1) is 0 Å². The molecule has 2 aliphatic heterocycles. The summed E-state index contributed by atoms with van der Waals surface area (Å²) in [5.41, 5.74) is 0. The van der Waals surface area contributed by atoms with Crippen LogP contribution in [-0.2, 0) is 74.9 Å². The number of rotatable bonds is 2. The Balaban J connectivity index is -0.0000000816. The van der Waals surface area contributed by atoms with Gasteiger partial charge in [0.25, 0.3) is 0 Å². The van der Waals surface area contributed by atoms with E-state index in [1.807, 2.05) is 13.8 Å². The number of hydrogen-bond acceptors (Lipinski definition) is 2. The Kier molecular flexibility index (Phi) is 37.0. The van der Waals surface area contributed by atoms with Gasteiger partial charge in [-0.05, 0) is 12.0 Å². The largest absolute Gasteiger partial charge is 0.555 e. The van der Waals surface area contributed by atoms with E-state index in [2.05, 4.69) is 34.6 Å². The van der Waals surface area contributed by atoms with Crippen LogP contribution in [0.1, 0.15) is 67.2 Å². The quantitative estimate of drug-likeness (QED) is 0.424. The summed E-state index contributed by atoms with van der Waals surface area (Å²) >= 11 is 0. The van der Waals surface area contributed by atoms with Crippen molar-refractivity contribution in [3.05, 3.63) is 26.1 Å². The van der Waals surface area contributed by atoms with Crippen LogP contribution < -0.4 is 0 Å². The summed E-state index contributed by atoms with van der Waals surface area (Å²) in [7, 11) is 11.1. The van der Waals surface area contributed by atoms with Crippen molar-refractivity contribution < 1.29 is 74.9 Å². The van der Waals surface area contributed by atoms with Crippen LogP contribution in [0.25, 0.3) is 0 Å². The molecule has 2 aliphatic rings. The van der Waals surface area contributed by atoms with Gasteiger partial charge in [0.2, 0.25) is 0 Å². The van der Waals surface area contributed by atoms with Gasteiger partial charge < -0.3 is 23.3 Å². The first-order chi connectivity index (χ1) is 10.5. The minimum absolute atomic E-state index is 0. The maximum atomic E-state index is 5.63. The standard InChI is InChI=1S/C8H13BO.C6H10BO.C2H6.C2H5.B.2Y/c1-4-7-5(2)6(3)8(9)10-7;1-2-5-3-4-6(7)8-5;2*1-2;;;/h5-6,8H,3-4H2,1-2H3;6H,2-4H2,1H3;1-2H3;1H2,2H3;;;/q-2;-1;;-1;;;. The molecule has 0 aromatic rings. The average Bonchev–Trinajstić information content (AvgIpc) is 3.10. The van der Waals surface area contributed by atoms with Crippen molar-refractivity contribution >= 4 is 24.1 Å². The fourth-order valence-corrected chi connectivity index (χ4v) is 2.19. The van der Waals surface area contributed by atoms with Crippen molar-refractivity contribution in [3.8, 4) is 0 Å². The van der Waals surface area contributed by atoms with Crippen LogP contribution in [0.15, 0.2) is 0 Å². The second kappa shape index (κ2) is 24.4. The molecule has 0 saturated carbocycles. The minimum atomic E-state index is -0.176. The number of ether oxygens (including phenoxy) is 2. The minimum Gasteiger partial charge on any atom is -0.555 e. The van der Waals surface area contributed by atoms with Gasteiger partial charge in [-0.3, -0.25) is 0 Å². The first kappa shape index (κ1) is 38.0. The molecule has 2 fully saturated rings. The van der Waals surface area contributed by atoms with Crippen LogP contribution >= 0.6 is 0 Å². The third kappa shape index (κ3) is 15.9. The molecule has 7 heteroatoms. The van der Waals surface area contributed by atoms with Crippen LogP contribution in [0, 0.1) is 37.9 Å². The third-order valence-corrected chi connectivity index (χ3v) is 3.63. The molecule has 2 saturated heterocycles. The van der Waals surface area contributed by atoms with Crippen LogP contribution in [0.2, 0.25) is 0 Å². The Morgan fingerprint density at radius 3 is 1.68 bits per heavy atom. The molecule has 137 valence electrons. The SMILES string of the molecule is CC.[B].[B]C1CC[C-](CC)O1.[B]C1O[C-](CC)C(C)C1[CH2-].[CH2-]C.[Y].[Y]. The maximum Gasteiger partial charge on any atom is 0.104 e. The van der Waals surface area contributed by atoms with Gasteiger partial charge in [-0.1, -0.05) is 41.0 Å². The monoisotopic (exact) mass is 493 g/mol. The van der Waals surface area contributed by atoms with E-state index < -0.39 is 0 Å². The predicted molar refractivity (Wildman–Crippen MR) is 104 cm³/mol. The fourth-order valence-electron chi connectivity index (χ4n) is 2.19. The molecular formula is C18H34B3O2Y2-4. The molecule has 4 atom stereocenters. The predicted octanol–water partition coefficient (Wildman–Crippen LogP) is 4.25. The molecule has 0 bridgehead atoms. The van der Waals surface area contributed by atoms with E-state index in [1.54, 1.807) is 6.92 Å². The van der Waals surface area contributed by atoms with Crippen molar-refractivity contribution in [3.63, 3.8) is 0 Å². The molecule has 2 heterocycles. The second-order valence-corrected chi connectivity index (χ2v) is 4.94. The average molecular weight is 493 g/mol. The van der Waals surface area contributed by atoms with E-state index in [0.29, 0.717) is 5.92 Å². The molecule has 0 aromatic carbocycles. The summed E-state index contributed by atoms with van der Waals surface area (Å²) < 4.78 is 10.6. The van der Waals surface area contributed by atoms with Gasteiger partial charge >= 0.3 is 0 Å². The molecule has 0 N–H and O–H groups in total. The summed E-state index contributed by atoms with van der Waals surface area (Å²) in [5, 5.41) is 0. The molecule has 25 heavy (non-hydrogen) atoms. The molecule has 4 unspecified atom stereocenters. The Bertz CT molecular complexity index is 252. The summed E-state index contributed by atoms with van der Waals surface area (Å²) in [6.07, 6.45) is 6.32. The van der Waals surface area contributed by atoms with Gasteiger partial charge in [-0.25, -0.2) is 0 Å². The zero-order valence-corrected chi connectivity index (χ0v) is 22.9. The zero-order valence-electron chi connectivity index (χ0n) is 17.3. The summed E-state index contributed by atoms with van der Waals surface area (Å²) in [4.78, 5) is 0. The maximum absolute atomic E-state index is 5.63. The zero-order chi connectivity index (χ0) is 17.7. The van der Waals surface area contributed by atoms with Gasteiger partial charge in [0.1, 0.15) is 15.7 Å². The van der Waals surface area contributed by atoms with Gasteiger partial charge in [0.05, 0.1) is 0 Å². The first-order valence-corrected chi connectivity index (χ1v) is 8.58. The van der Waals surface area contributed by atoms with Crippen molar-refractivity contribution in [2.24, 2.45) is 11.8 Å². The second-order valence-electron chi connectivity index (χ2n) is 4.94. The van der Waals surface area contributed by atoms with E-state index in [1.165, 1.54) is 0 Å². The van der Waals surface area contributed by atoms with Crippen LogP contribution in [0.4, 0.5) is 0 Å². The Labute approximate surface area is 214 Å². The molecule has 2 nitrogen and oxygen atoms in total. The smallest absolute Gasteiger partial charge is 0.104 e. The van der Waals surface area contributed by atoms with E-state index in [9.17, 15) is 0 Å². The van der Waals surface area contributed by atoms with Crippen molar-refractivity contribution in [1.29, 1.82) is 0 Å². The Hall–Kier alpha value is 2.32. The van der Waals surface area contributed by atoms with E-state index in [0.717, 1.165) is 37.9 Å².